The summed E-state index contributed by atoms with van der Waals surface area (Å²) in [4.78, 5) is 10.8. The lowest BCUT2D eigenvalue weighted by Gasteiger charge is -2.07. The van der Waals surface area contributed by atoms with Gasteiger partial charge in [0.15, 0.2) is 0 Å². The van der Waals surface area contributed by atoms with Gasteiger partial charge >= 0.3 is 0 Å². The van der Waals surface area contributed by atoms with Crippen molar-refractivity contribution in [2.45, 2.75) is 32.7 Å². The summed E-state index contributed by atoms with van der Waals surface area (Å²) in [5, 5.41) is 5.85. The molecule has 0 aromatic heterocycles. The molecule has 0 aliphatic heterocycles. The SMILES string of the molecule is CNC(=O)CCOCCCNC(C)C. The average molecular weight is 202 g/mol. The van der Waals surface area contributed by atoms with Gasteiger partial charge in [-0.2, -0.15) is 0 Å². The van der Waals surface area contributed by atoms with Crippen molar-refractivity contribution in [1.82, 2.24) is 10.6 Å². The molecule has 0 unspecified atom stereocenters. The molecule has 0 spiro atoms. The van der Waals surface area contributed by atoms with Gasteiger partial charge in [-0.1, -0.05) is 13.8 Å². The van der Waals surface area contributed by atoms with E-state index in [1.54, 1.807) is 7.05 Å². The Morgan fingerprint density at radius 3 is 2.64 bits per heavy atom. The molecule has 0 rings (SSSR count). The summed E-state index contributed by atoms with van der Waals surface area (Å²) in [5.74, 6) is 0.0327. The Kier molecular flexibility index (Phi) is 8.57. The minimum atomic E-state index is 0.0327. The third-order valence-corrected chi connectivity index (χ3v) is 1.77. The Morgan fingerprint density at radius 1 is 1.36 bits per heavy atom. The van der Waals surface area contributed by atoms with Gasteiger partial charge in [-0.3, -0.25) is 4.79 Å². The van der Waals surface area contributed by atoms with Crippen molar-refractivity contribution in [3.63, 3.8) is 0 Å². The number of amides is 1. The van der Waals surface area contributed by atoms with E-state index in [4.69, 9.17) is 4.74 Å². The summed E-state index contributed by atoms with van der Waals surface area (Å²) in [6, 6.07) is 0.529. The normalized spacial score (nSPS) is 10.6. The van der Waals surface area contributed by atoms with Crippen LogP contribution >= 0.6 is 0 Å². The van der Waals surface area contributed by atoms with Gasteiger partial charge in [0.05, 0.1) is 6.61 Å². The highest BCUT2D eigenvalue weighted by atomic mass is 16.5. The van der Waals surface area contributed by atoms with Crippen LogP contribution in [0.2, 0.25) is 0 Å². The van der Waals surface area contributed by atoms with Gasteiger partial charge in [-0.05, 0) is 13.0 Å². The molecule has 14 heavy (non-hydrogen) atoms. The summed E-state index contributed by atoms with van der Waals surface area (Å²) in [6.07, 6.45) is 1.44. The van der Waals surface area contributed by atoms with Crippen LogP contribution in [0, 0.1) is 0 Å². The highest BCUT2D eigenvalue weighted by Crippen LogP contribution is 1.86. The molecule has 84 valence electrons. The van der Waals surface area contributed by atoms with Crippen LogP contribution in [0.3, 0.4) is 0 Å². The third kappa shape index (κ3) is 9.48. The van der Waals surface area contributed by atoms with E-state index in [0.29, 0.717) is 19.1 Å². The van der Waals surface area contributed by atoms with Crippen LogP contribution in [0.1, 0.15) is 26.7 Å². The number of rotatable bonds is 8. The van der Waals surface area contributed by atoms with Crippen LogP contribution in [-0.4, -0.2) is 38.8 Å². The van der Waals surface area contributed by atoms with Gasteiger partial charge < -0.3 is 15.4 Å². The second-order valence-corrected chi connectivity index (χ2v) is 3.50. The second kappa shape index (κ2) is 8.97. The van der Waals surface area contributed by atoms with Gasteiger partial charge in [0, 0.05) is 26.1 Å². The van der Waals surface area contributed by atoms with E-state index in [1.807, 2.05) is 0 Å². The van der Waals surface area contributed by atoms with Crippen LogP contribution in [0.15, 0.2) is 0 Å². The molecular formula is C10H22N2O2. The molecule has 0 bridgehead atoms. The first-order valence-corrected chi connectivity index (χ1v) is 5.18. The largest absolute Gasteiger partial charge is 0.381 e. The van der Waals surface area contributed by atoms with Gasteiger partial charge in [-0.15, -0.1) is 0 Å². The van der Waals surface area contributed by atoms with Crippen molar-refractivity contribution >= 4 is 5.91 Å². The lowest BCUT2D eigenvalue weighted by Crippen LogP contribution is -2.24. The number of hydrogen-bond donors (Lipinski definition) is 2. The smallest absolute Gasteiger partial charge is 0.222 e. The Morgan fingerprint density at radius 2 is 2.07 bits per heavy atom. The topological polar surface area (TPSA) is 50.4 Å². The number of carbonyl (C=O) groups is 1. The van der Waals surface area contributed by atoms with Crippen LogP contribution in [0.25, 0.3) is 0 Å². The summed E-state index contributed by atoms with van der Waals surface area (Å²) >= 11 is 0. The highest BCUT2D eigenvalue weighted by Gasteiger charge is 1.97. The average Bonchev–Trinajstić information content (AvgIpc) is 2.15. The summed E-state index contributed by atoms with van der Waals surface area (Å²) in [6.45, 7) is 6.44. The zero-order chi connectivity index (χ0) is 10.8. The fraction of sp³-hybridized carbons (Fsp3) is 0.900. The monoisotopic (exact) mass is 202 g/mol. The minimum Gasteiger partial charge on any atom is -0.381 e. The summed E-state index contributed by atoms with van der Waals surface area (Å²) in [5.41, 5.74) is 0. The van der Waals surface area contributed by atoms with Crippen molar-refractivity contribution < 1.29 is 9.53 Å². The molecule has 0 aliphatic carbocycles. The Labute approximate surface area is 86.4 Å². The molecular weight excluding hydrogens is 180 g/mol. The van der Waals surface area contributed by atoms with Crippen LogP contribution in [-0.2, 0) is 9.53 Å². The van der Waals surface area contributed by atoms with E-state index in [0.717, 1.165) is 19.6 Å². The molecule has 0 atom stereocenters. The third-order valence-electron chi connectivity index (χ3n) is 1.77. The fourth-order valence-corrected chi connectivity index (χ4v) is 0.957. The Bertz CT molecular complexity index is 149. The maximum atomic E-state index is 10.8. The Balaban J connectivity index is 3.03. The van der Waals surface area contributed by atoms with Crippen LogP contribution < -0.4 is 10.6 Å². The maximum Gasteiger partial charge on any atom is 0.222 e. The van der Waals surface area contributed by atoms with Crippen molar-refractivity contribution in [1.29, 1.82) is 0 Å². The lowest BCUT2D eigenvalue weighted by atomic mass is 10.3. The number of ether oxygens (including phenoxy) is 1. The van der Waals surface area contributed by atoms with Gasteiger partial charge in [0.2, 0.25) is 5.91 Å². The predicted molar refractivity (Wildman–Crippen MR) is 57.3 cm³/mol. The molecule has 4 heteroatoms. The zero-order valence-corrected chi connectivity index (χ0v) is 9.43. The van der Waals surface area contributed by atoms with E-state index in [1.165, 1.54) is 0 Å². The molecule has 0 saturated heterocycles. The van der Waals surface area contributed by atoms with Gasteiger partial charge in [0.25, 0.3) is 0 Å². The summed E-state index contributed by atoms with van der Waals surface area (Å²) in [7, 11) is 1.63. The van der Waals surface area contributed by atoms with Crippen molar-refractivity contribution in [2.24, 2.45) is 0 Å². The van der Waals surface area contributed by atoms with E-state index in [-0.39, 0.29) is 5.91 Å². The van der Waals surface area contributed by atoms with Gasteiger partial charge in [-0.25, -0.2) is 0 Å². The van der Waals surface area contributed by atoms with E-state index in [2.05, 4.69) is 24.5 Å². The summed E-state index contributed by atoms with van der Waals surface area (Å²) < 4.78 is 5.29. The first-order valence-electron chi connectivity index (χ1n) is 5.18. The van der Waals surface area contributed by atoms with Crippen molar-refractivity contribution in [2.75, 3.05) is 26.8 Å². The van der Waals surface area contributed by atoms with E-state index >= 15 is 0 Å². The number of nitrogens with one attached hydrogen (secondary N) is 2. The number of hydrogen-bond acceptors (Lipinski definition) is 3. The highest BCUT2D eigenvalue weighted by molar-refractivity contribution is 5.75. The molecule has 0 aromatic rings. The lowest BCUT2D eigenvalue weighted by molar-refractivity contribution is -0.121. The first-order chi connectivity index (χ1) is 6.66. The zero-order valence-electron chi connectivity index (χ0n) is 9.43. The van der Waals surface area contributed by atoms with Crippen molar-refractivity contribution in [3.8, 4) is 0 Å². The maximum absolute atomic E-state index is 10.8. The quantitative estimate of drug-likeness (QED) is 0.564. The van der Waals surface area contributed by atoms with Crippen molar-refractivity contribution in [3.05, 3.63) is 0 Å². The van der Waals surface area contributed by atoms with Crippen LogP contribution in [0.4, 0.5) is 0 Å². The van der Waals surface area contributed by atoms with E-state index < -0.39 is 0 Å². The fourth-order valence-electron chi connectivity index (χ4n) is 0.957. The Hall–Kier alpha value is -0.610. The molecule has 0 aromatic carbocycles. The van der Waals surface area contributed by atoms with Crippen LogP contribution in [0.5, 0.6) is 0 Å². The predicted octanol–water partition coefficient (Wildman–Crippen LogP) is 0.527. The molecule has 0 heterocycles. The molecule has 0 radical (unpaired) electrons. The van der Waals surface area contributed by atoms with Gasteiger partial charge in [0.1, 0.15) is 0 Å². The molecule has 0 aliphatic rings. The molecule has 1 amide bonds. The molecule has 2 N–H and O–H groups in total. The molecule has 0 saturated carbocycles. The second-order valence-electron chi connectivity index (χ2n) is 3.50. The molecule has 4 nitrogen and oxygen atoms in total. The standard InChI is InChI=1S/C10H22N2O2/c1-9(2)12-6-4-7-14-8-5-10(13)11-3/h9,12H,4-8H2,1-3H3,(H,11,13). The minimum absolute atomic E-state index is 0.0327. The number of carbonyl (C=O) groups excluding carboxylic acids is 1. The first kappa shape index (κ1) is 13.4. The van der Waals surface area contributed by atoms with E-state index in [9.17, 15) is 4.79 Å². The molecule has 0 fully saturated rings.